The predicted molar refractivity (Wildman–Crippen MR) is 87.2 cm³/mol. The molecule has 1 saturated carbocycles. The smallest absolute Gasteiger partial charge is 0.0408 e. The van der Waals surface area contributed by atoms with E-state index in [0.29, 0.717) is 0 Å². The van der Waals surface area contributed by atoms with Crippen LogP contribution in [0.5, 0.6) is 0 Å². The summed E-state index contributed by atoms with van der Waals surface area (Å²) < 4.78 is 0. The summed E-state index contributed by atoms with van der Waals surface area (Å²) in [5.41, 5.74) is 8.01. The van der Waals surface area contributed by atoms with Crippen molar-refractivity contribution in [3.63, 3.8) is 0 Å². The fourth-order valence-corrected chi connectivity index (χ4v) is 3.96. The molecule has 2 rings (SSSR count). The third-order valence-corrected chi connectivity index (χ3v) is 5.17. The van der Waals surface area contributed by atoms with E-state index in [2.05, 4.69) is 32.0 Å². The van der Waals surface area contributed by atoms with Gasteiger partial charge in [-0.3, -0.25) is 0 Å². The van der Waals surface area contributed by atoms with E-state index >= 15 is 0 Å². The minimum absolute atomic E-state index is 0.125. The Labute approximate surface area is 128 Å². The lowest BCUT2D eigenvalue weighted by Gasteiger charge is -2.49. The van der Waals surface area contributed by atoms with Gasteiger partial charge in [-0.15, -0.1) is 0 Å². The Morgan fingerprint density at radius 3 is 2.80 bits per heavy atom. The maximum absolute atomic E-state index is 6.64. The van der Waals surface area contributed by atoms with Crippen LogP contribution in [-0.4, -0.2) is 30.6 Å². The first kappa shape index (κ1) is 15.8. The molecule has 0 saturated heterocycles. The van der Waals surface area contributed by atoms with Crippen LogP contribution in [0.1, 0.15) is 38.2 Å². The Balaban J connectivity index is 2.17. The van der Waals surface area contributed by atoms with E-state index in [4.69, 9.17) is 17.3 Å². The molecule has 20 heavy (non-hydrogen) atoms. The van der Waals surface area contributed by atoms with Crippen LogP contribution in [0.3, 0.4) is 0 Å². The van der Waals surface area contributed by atoms with Crippen molar-refractivity contribution in [2.24, 2.45) is 11.7 Å². The minimum atomic E-state index is 0.125. The molecule has 1 aliphatic rings. The van der Waals surface area contributed by atoms with Gasteiger partial charge < -0.3 is 10.6 Å². The van der Waals surface area contributed by atoms with Gasteiger partial charge in [-0.25, -0.2) is 0 Å². The molecule has 112 valence electrons. The first-order valence-electron chi connectivity index (χ1n) is 7.61. The summed E-state index contributed by atoms with van der Waals surface area (Å²) in [6.07, 6.45) is 5.90. The van der Waals surface area contributed by atoms with E-state index in [0.717, 1.165) is 17.4 Å². The van der Waals surface area contributed by atoms with Gasteiger partial charge in [-0.1, -0.05) is 43.5 Å². The molecule has 1 aromatic carbocycles. The van der Waals surface area contributed by atoms with E-state index in [9.17, 15) is 0 Å². The van der Waals surface area contributed by atoms with Crippen LogP contribution in [0.4, 0.5) is 0 Å². The first-order chi connectivity index (χ1) is 9.44. The van der Waals surface area contributed by atoms with Crippen LogP contribution in [0.2, 0.25) is 5.02 Å². The van der Waals surface area contributed by atoms with Crippen molar-refractivity contribution >= 4 is 11.6 Å². The van der Waals surface area contributed by atoms with Crippen LogP contribution >= 0.6 is 11.6 Å². The van der Waals surface area contributed by atoms with Gasteiger partial charge in [-0.2, -0.15) is 0 Å². The molecule has 3 atom stereocenters. The Hall–Kier alpha value is -0.570. The number of hydrogen-bond acceptors (Lipinski definition) is 2. The lowest BCUT2D eigenvalue weighted by atomic mass is 9.70. The average molecular weight is 295 g/mol. The van der Waals surface area contributed by atoms with Crippen LogP contribution in [0, 0.1) is 5.92 Å². The largest absolute Gasteiger partial charge is 0.326 e. The summed E-state index contributed by atoms with van der Waals surface area (Å²) in [6.45, 7) is 2.35. The molecule has 3 unspecified atom stereocenters. The van der Waals surface area contributed by atoms with Gasteiger partial charge in [0.2, 0.25) is 0 Å². The van der Waals surface area contributed by atoms with Gasteiger partial charge in [0, 0.05) is 16.6 Å². The van der Waals surface area contributed by atoms with E-state index in [1.807, 2.05) is 18.2 Å². The third kappa shape index (κ3) is 3.36. The molecule has 1 aromatic rings. The number of hydrogen-bond donors (Lipinski definition) is 1. The van der Waals surface area contributed by atoms with Gasteiger partial charge >= 0.3 is 0 Å². The number of nitrogens with two attached hydrogens (primary N) is 1. The summed E-state index contributed by atoms with van der Waals surface area (Å²) >= 11 is 6.08. The second-order valence-corrected chi connectivity index (χ2v) is 7.08. The average Bonchev–Trinajstić information content (AvgIpc) is 2.38. The molecule has 0 radical (unpaired) electrons. The van der Waals surface area contributed by atoms with Crippen molar-refractivity contribution in [3.8, 4) is 0 Å². The van der Waals surface area contributed by atoms with E-state index in [-0.39, 0.29) is 11.6 Å². The van der Waals surface area contributed by atoms with Gasteiger partial charge in [0.15, 0.2) is 0 Å². The number of benzene rings is 1. The molecule has 0 aromatic heterocycles. The zero-order valence-electron chi connectivity index (χ0n) is 12.9. The van der Waals surface area contributed by atoms with Crippen molar-refractivity contribution in [2.45, 2.75) is 50.6 Å². The highest BCUT2D eigenvalue weighted by Gasteiger charge is 2.41. The van der Waals surface area contributed by atoms with Crippen LogP contribution in [0.15, 0.2) is 24.3 Å². The summed E-state index contributed by atoms with van der Waals surface area (Å²) in [5, 5.41) is 0.797. The van der Waals surface area contributed by atoms with Crippen LogP contribution < -0.4 is 5.73 Å². The van der Waals surface area contributed by atoms with Crippen molar-refractivity contribution in [2.75, 3.05) is 14.1 Å². The standard InChI is InChI=1S/C17H27ClN2/c1-13-6-5-9-17(12-13,20(2)3)16(19)11-14-7-4-8-15(18)10-14/h4,7-8,10,13,16H,5-6,9,11-12,19H2,1-3H3. The first-order valence-corrected chi connectivity index (χ1v) is 7.99. The van der Waals surface area contributed by atoms with Crippen molar-refractivity contribution in [3.05, 3.63) is 34.9 Å². The molecular weight excluding hydrogens is 268 g/mol. The molecule has 0 heterocycles. The third-order valence-electron chi connectivity index (χ3n) is 4.93. The van der Waals surface area contributed by atoms with Gasteiger partial charge in [-0.05, 0) is 57.0 Å². The predicted octanol–water partition coefficient (Wildman–Crippen LogP) is 3.72. The Morgan fingerprint density at radius 2 is 2.20 bits per heavy atom. The summed E-state index contributed by atoms with van der Waals surface area (Å²) in [6, 6.07) is 8.24. The molecule has 1 aliphatic carbocycles. The van der Waals surface area contributed by atoms with Crippen molar-refractivity contribution in [1.82, 2.24) is 4.90 Å². The zero-order chi connectivity index (χ0) is 14.8. The molecular formula is C17H27ClN2. The quantitative estimate of drug-likeness (QED) is 0.917. The molecule has 1 fully saturated rings. The van der Waals surface area contributed by atoms with Gasteiger partial charge in [0.05, 0.1) is 0 Å². The molecule has 2 N–H and O–H groups in total. The fraction of sp³-hybridized carbons (Fsp3) is 0.647. The topological polar surface area (TPSA) is 29.3 Å². The maximum atomic E-state index is 6.64. The number of nitrogens with zero attached hydrogens (tertiary/aromatic N) is 1. The lowest BCUT2D eigenvalue weighted by molar-refractivity contribution is 0.0504. The Morgan fingerprint density at radius 1 is 1.45 bits per heavy atom. The highest BCUT2D eigenvalue weighted by Crippen LogP contribution is 2.38. The number of likely N-dealkylation sites (N-methyl/N-ethyl adjacent to an activating group) is 1. The molecule has 0 bridgehead atoms. The van der Waals surface area contributed by atoms with Gasteiger partial charge in [0.25, 0.3) is 0 Å². The molecule has 0 spiro atoms. The maximum Gasteiger partial charge on any atom is 0.0408 e. The Bertz CT molecular complexity index is 446. The second-order valence-electron chi connectivity index (χ2n) is 6.64. The van der Waals surface area contributed by atoms with E-state index in [1.54, 1.807) is 0 Å². The fourth-order valence-electron chi connectivity index (χ4n) is 3.75. The summed E-state index contributed by atoms with van der Waals surface area (Å²) in [4.78, 5) is 2.36. The molecule has 3 heteroatoms. The zero-order valence-corrected chi connectivity index (χ0v) is 13.7. The highest BCUT2D eigenvalue weighted by atomic mass is 35.5. The highest BCUT2D eigenvalue weighted by molar-refractivity contribution is 6.30. The minimum Gasteiger partial charge on any atom is -0.326 e. The summed E-state index contributed by atoms with van der Waals surface area (Å²) in [7, 11) is 4.35. The Kier molecular flexibility index (Phi) is 5.11. The molecule has 2 nitrogen and oxygen atoms in total. The number of halogens is 1. The number of rotatable bonds is 4. The monoisotopic (exact) mass is 294 g/mol. The van der Waals surface area contributed by atoms with E-state index in [1.165, 1.54) is 31.2 Å². The lowest BCUT2D eigenvalue weighted by Crippen LogP contribution is -2.60. The normalized spacial score (nSPS) is 28.6. The van der Waals surface area contributed by atoms with Crippen molar-refractivity contribution < 1.29 is 0 Å². The van der Waals surface area contributed by atoms with Gasteiger partial charge in [0.1, 0.15) is 0 Å². The molecule has 0 amide bonds. The van der Waals surface area contributed by atoms with Crippen LogP contribution in [-0.2, 0) is 6.42 Å². The molecule has 0 aliphatic heterocycles. The summed E-state index contributed by atoms with van der Waals surface area (Å²) in [5.74, 6) is 0.761. The van der Waals surface area contributed by atoms with Crippen LogP contribution in [0.25, 0.3) is 0 Å². The second kappa shape index (κ2) is 6.46. The van der Waals surface area contributed by atoms with E-state index < -0.39 is 0 Å². The SMILES string of the molecule is CC1CCCC(C(N)Cc2cccc(Cl)c2)(N(C)C)C1. The van der Waals surface area contributed by atoms with Crippen molar-refractivity contribution in [1.29, 1.82) is 0 Å².